The second-order valence-corrected chi connectivity index (χ2v) is 6.72. The summed E-state index contributed by atoms with van der Waals surface area (Å²) < 4.78 is 5.40. The smallest absolute Gasteiger partial charge is 0.338 e. The fourth-order valence-corrected chi connectivity index (χ4v) is 2.67. The number of carbonyl (C=O) groups excluding carboxylic acids is 1. The molecule has 2 aromatic carbocycles. The molecule has 0 aliphatic heterocycles. The van der Waals surface area contributed by atoms with E-state index in [4.69, 9.17) is 27.9 Å². The fourth-order valence-electron chi connectivity index (χ4n) is 2.35. The molecule has 1 radical (unpaired) electrons. The van der Waals surface area contributed by atoms with Crippen LogP contribution in [-0.2, 0) is 11.2 Å². The van der Waals surface area contributed by atoms with Gasteiger partial charge >= 0.3 is 5.97 Å². The fraction of sp³-hybridized carbons (Fsp3) is 0.200. The Balaban J connectivity index is 2.09. The summed E-state index contributed by atoms with van der Waals surface area (Å²) in [4.78, 5) is 12.2. The van der Waals surface area contributed by atoms with Gasteiger partial charge in [0.1, 0.15) is 0 Å². The molecule has 0 aliphatic rings. The minimum Gasteiger partial charge on any atom is -0.453 e. The largest absolute Gasteiger partial charge is 0.453 e. The van der Waals surface area contributed by atoms with Gasteiger partial charge in [-0.2, -0.15) is 0 Å². The van der Waals surface area contributed by atoms with Crippen LogP contribution in [0, 0.1) is 6.61 Å². The molecule has 0 unspecified atom stereocenters. The summed E-state index contributed by atoms with van der Waals surface area (Å²) in [5.74, 6) is -0.402. The van der Waals surface area contributed by atoms with E-state index in [2.05, 4.69) is 11.9 Å². The molecule has 0 saturated carbocycles. The van der Waals surface area contributed by atoms with Crippen molar-refractivity contribution in [2.75, 3.05) is 6.54 Å². The van der Waals surface area contributed by atoms with Gasteiger partial charge in [0.2, 0.25) is 0 Å². The molecule has 0 saturated heterocycles. The first-order chi connectivity index (χ1) is 11.9. The number of carbonyl (C=O) groups is 1. The normalized spacial score (nSPS) is 13.1. The number of ether oxygens (including phenoxy) is 1. The van der Waals surface area contributed by atoms with E-state index in [-0.39, 0.29) is 0 Å². The highest BCUT2D eigenvalue weighted by Gasteiger charge is 2.27. The number of hydrogen-bond donors (Lipinski definition) is 1. The van der Waals surface area contributed by atoms with Crippen molar-refractivity contribution in [2.24, 2.45) is 0 Å². The van der Waals surface area contributed by atoms with E-state index in [0.717, 1.165) is 5.56 Å². The lowest BCUT2D eigenvalue weighted by Gasteiger charge is -2.29. The summed E-state index contributed by atoms with van der Waals surface area (Å²) in [6, 6.07) is 14.3. The van der Waals surface area contributed by atoms with Gasteiger partial charge in [0, 0.05) is 6.54 Å². The van der Waals surface area contributed by atoms with Gasteiger partial charge in [-0.3, -0.25) is 0 Å². The van der Waals surface area contributed by atoms with Crippen LogP contribution in [0.1, 0.15) is 22.8 Å². The highest BCUT2D eigenvalue weighted by atomic mass is 35.5. The van der Waals surface area contributed by atoms with Crippen LogP contribution in [0.5, 0.6) is 0 Å². The maximum atomic E-state index is 12.2. The lowest BCUT2D eigenvalue weighted by Crippen LogP contribution is -2.46. The summed E-state index contributed by atoms with van der Waals surface area (Å²) in [5.41, 5.74) is 0.885. The van der Waals surface area contributed by atoms with Crippen LogP contribution in [-0.4, -0.2) is 18.1 Å². The van der Waals surface area contributed by atoms with E-state index in [1.807, 2.05) is 25.1 Å². The minimum atomic E-state index is -0.588. The van der Waals surface area contributed by atoms with E-state index in [1.165, 1.54) is 6.61 Å². The van der Waals surface area contributed by atoms with Crippen molar-refractivity contribution < 1.29 is 9.53 Å². The zero-order valence-electron chi connectivity index (χ0n) is 14.0. The summed E-state index contributed by atoms with van der Waals surface area (Å²) >= 11 is 12.1. The van der Waals surface area contributed by atoms with Gasteiger partial charge < -0.3 is 10.1 Å². The highest BCUT2D eigenvalue weighted by Crippen LogP contribution is 2.26. The van der Waals surface area contributed by atoms with E-state index < -0.39 is 11.5 Å². The van der Waals surface area contributed by atoms with Gasteiger partial charge in [-0.1, -0.05) is 53.5 Å². The molecule has 0 bridgehead atoms. The number of halogens is 2. The zero-order valence-corrected chi connectivity index (χ0v) is 15.5. The minimum absolute atomic E-state index is 0.402. The van der Waals surface area contributed by atoms with Gasteiger partial charge in [0.15, 0.2) is 6.61 Å². The van der Waals surface area contributed by atoms with Gasteiger partial charge in [-0.15, -0.1) is 6.58 Å². The number of esters is 1. The third-order valence-corrected chi connectivity index (χ3v) is 4.38. The summed E-state index contributed by atoms with van der Waals surface area (Å²) in [7, 11) is 0. The van der Waals surface area contributed by atoms with Crippen molar-refractivity contribution in [2.45, 2.75) is 18.9 Å². The maximum absolute atomic E-state index is 12.2. The molecule has 3 nitrogen and oxygen atoms in total. The Hall–Kier alpha value is -1.81. The third-order valence-electron chi connectivity index (χ3n) is 3.64. The Labute approximate surface area is 158 Å². The number of benzene rings is 2. The Morgan fingerprint density at radius 1 is 1.20 bits per heavy atom. The van der Waals surface area contributed by atoms with Crippen molar-refractivity contribution in [3.05, 3.63) is 89.0 Å². The van der Waals surface area contributed by atoms with E-state index >= 15 is 0 Å². The average molecular weight is 377 g/mol. The quantitative estimate of drug-likeness (QED) is 0.515. The predicted molar refractivity (Wildman–Crippen MR) is 103 cm³/mol. The number of hydrogen-bond acceptors (Lipinski definition) is 3. The SMILES string of the molecule is C=CCN[C@@](C)([CH]OC(=O)c1ccccc1)Cc1ccc(Cl)c(Cl)c1. The third kappa shape index (κ3) is 5.89. The second-order valence-electron chi connectivity index (χ2n) is 5.90. The first kappa shape index (κ1) is 19.5. The summed E-state index contributed by atoms with van der Waals surface area (Å²) in [6.45, 7) is 7.75. The van der Waals surface area contributed by atoms with Gasteiger partial charge in [-0.05, 0) is 43.2 Å². The molecule has 2 rings (SSSR count). The molecule has 131 valence electrons. The monoisotopic (exact) mass is 376 g/mol. The first-order valence-corrected chi connectivity index (χ1v) is 8.59. The molecule has 2 aromatic rings. The van der Waals surface area contributed by atoms with Gasteiger partial charge in [-0.25, -0.2) is 4.79 Å². The molecule has 0 aliphatic carbocycles. The van der Waals surface area contributed by atoms with E-state index in [9.17, 15) is 4.79 Å². The van der Waals surface area contributed by atoms with Crippen molar-refractivity contribution in [3.8, 4) is 0 Å². The molecule has 25 heavy (non-hydrogen) atoms. The van der Waals surface area contributed by atoms with Crippen LogP contribution < -0.4 is 5.32 Å². The lowest BCUT2D eigenvalue weighted by molar-refractivity contribution is 0.0541. The van der Waals surface area contributed by atoms with Crippen LogP contribution in [0.3, 0.4) is 0 Å². The Morgan fingerprint density at radius 2 is 1.92 bits per heavy atom. The van der Waals surface area contributed by atoms with Crippen LogP contribution in [0.25, 0.3) is 0 Å². The van der Waals surface area contributed by atoms with Crippen molar-refractivity contribution in [1.29, 1.82) is 0 Å². The van der Waals surface area contributed by atoms with Crippen molar-refractivity contribution in [3.63, 3.8) is 0 Å². The Kier molecular flexibility index (Phi) is 7.06. The Morgan fingerprint density at radius 3 is 2.56 bits per heavy atom. The van der Waals surface area contributed by atoms with Crippen LogP contribution >= 0.6 is 23.2 Å². The van der Waals surface area contributed by atoms with E-state index in [1.54, 1.807) is 36.4 Å². The van der Waals surface area contributed by atoms with Crippen LogP contribution in [0.2, 0.25) is 10.0 Å². The summed E-state index contributed by atoms with van der Waals surface area (Å²) in [6.07, 6.45) is 2.32. The Bertz CT molecular complexity index is 734. The summed E-state index contributed by atoms with van der Waals surface area (Å²) in [5, 5.41) is 4.31. The average Bonchev–Trinajstić information content (AvgIpc) is 2.62. The molecule has 0 heterocycles. The zero-order chi connectivity index (χ0) is 18.3. The van der Waals surface area contributed by atoms with Crippen LogP contribution in [0.15, 0.2) is 61.2 Å². The molecule has 0 aromatic heterocycles. The number of rotatable bonds is 8. The first-order valence-electron chi connectivity index (χ1n) is 7.84. The highest BCUT2D eigenvalue weighted by molar-refractivity contribution is 6.42. The molecule has 1 N–H and O–H groups in total. The molecule has 0 spiro atoms. The van der Waals surface area contributed by atoms with Gasteiger partial charge in [0.05, 0.1) is 21.1 Å². The molecular weight excluding hydrogens is 357 g/mol. The van der Waals surface area contributed by atoms with Crippen molar-refractivity contribution in [1.82, 2.24) is 5.32 Å². The van der Waals surface area contributed by atoms with E-state index in [0.29, 0.717) is 28.6 Å². The lowest BCUT2D eigenvalue weighted by atomic mass is 9.93. The van der Waals surface area contributed by atoms with Gasteiger partial charge in [0.25, 0.3) is 0 Å². The maximum Gasteiger partial charge on any atom is 0.338 e. The van der Waals surface area contributed by atoms with Crippen molar-refractivity contribution >= 4 is 29.2 Å². The molecule has 5 heteroatoms. The standard InChI is InChI=1S/C20H20Cl2NO2/c1-3-11-23-20(2,13-15-9-10-17(21)18(22)12-15)14-25-19(24)16-7-5-4-6-8-16/h3-10,12,14,23H,1,11,13H2,2H3/t20-/m1/s1. The molecular formula is C20H20Cl2NO2. The number of nitrogens with one attached hydrogen (secondary N) is 1. The molecule has 1 atom stereocenters. The predicted octanol–water partition coefficient (Wildman–Crippen LogP) is 5.09. The topological polar surface area (TPSA) is 38.3 Å². The molecule has 0 amide bonds. The second kappa shape index (κ2) is 9.04. The van der Waals surface area contributed by atoms with Crippen LogP contribution in [0.4, 0.5) is 0 Å². The molecule has 0 fully saturated rings.